The Labute approximate surface area is 91.3 Å². The predicted octanol–water partition coefficient (Wildman–Crippen LogP) is 1.79. The van der Waals surface area contributed by atoms with Gasteiger partial charge in [-0.25, -0.2) is 0 Å². The lowest BCUT2D eigenvalue weighted by Gasteiger charge is -2.31. The van der Waals surface area contributed by atoms with Crippen LogP contribution in [0.3, 0.4) is 0 Å². The van der Waals surface area contributed by atoms with Crippen LogP contribution in [0.15, 0.2) is 0 Å². The third-order valence-corrected chi connectivity index (χ3v) is 6.99. The van der Waals surface area contributed by atoms with Gasteiger partial charge in [0.2, 0.25) is 0 Å². The Kier molecular flexibility index (Phi) is 1.74. The molecular formula is C11H18O3S. The second kappa shape index (κ2) is 2.59. The van der Waals surface area contributed by atoms with Crippen LogP contribution >= 0.6 is 0 Å². The van der Waals surface area contributed by atoms with Gasteiger partial charge in [-0.3, -0.25) is 4.18 Å². The van der Waals surface area contributed by atoms with Crippen LogP contribution in [-0.4, -0.2) is 19.3 Å². The molecule has 0 spiro atoms. The minimum Gasteiger partial charge on any atom is -0.266 e. The second-order valence-electron chi connectivity index (χ2n) is 5.96. The highest BCUT2D eigenvalue weighted by atomic mass is 32.2. The van der Waals surface area contributed by atoms with Crippen molar-refractivity contribution < 1.29 is 12.6 Å². The zero-order valence-corrected chi connectivity index (χ0v) is 10.3. The molecule has 0 N–H and O–H groups in total. The fourth-order valence-electron chi connectivity index (χ4n) is 4.24. The van der Waals surface area contributed by atoms with E-state index in [1.807, 2.05) is 6.92 Å². The van der Waals surface area contributed by atoms with E-state index in [1.165, 1.54) is 0 Å². The number of hydrogen-bond acceptors (Lipinski definition) is 3. The van der Waals surface area contributed by atoms with Crippen molar-refractivity contribution in [3.8, 4) is 0 Å². The molecule has 1 aliphatic heterocycles. The average molecular weight is 230 g/mol. The van der Waals surface area contributed by atoms with E-state index in [4.69, 9.17) is 4.18 Å². The monoisotopic (exact) mass is 230 g/mol. The molecule has 0 aromatic heterocycles. The van der Waals surface area contributed by atoms with E-state index in [0.29, 0.717) is 17.8 Å². The molecule has 3 fully saturated rings. The van der Waals surface area contributed by atoms with Gasteiger partial charge in [0.05, 0.1) is 6.10 Å². The van der Waals surface area contributed by atoms with E-state index >= 15 is 0 Å². The Morgan fingerprint density at radius 1 is 1.40 bits per heavy atom. The van der Waals surface area contributed by atoms with Crippen molar-refractivity contribution in [1.82, 2.24) is 0 Å². The third kappa shape index (κ3) is 0.978. The van der Waals surface area contributed by atoms with Gasteiger partial charge in [0.25, 0.3) is 10.1 Å². The largest absolute Gasteiger partial charge is 0.273 e. The van der Waals surface area contributed by atoms with Crippen LogP contribution in [0.2, 0.25) is 0 Å². The Balaban J connectivity index is 2.07. The minimum atomic E-state index is -3.30. The van der Waals surface area contributed by atoms with Crippen LogP contribution in [0, 0.1) is 23.7 Å². The zero-order chi connectivity index (χ0) is 11.0. The summed E-state index contributed by atoms with van der Waals surface area (Å²) in [5.41, 5.74) is 0. The van der Waals surface area contributed by atoms with Gasteiger partial charge in [0.1, 0.15) is 4.75 Å². The van der Waals surface area contributed by atoms with E-state index in [0.717, 1.165) is 12.8 Å². The average Bonchev–Trinajstić information content (AvgIpc) is 2.60. The van der Waals surface area contributed by atoms with Crippen molar-refractivity contribution in [2.75, 3.05) is 0 Å². The third-order valence-electron chi connectivity index (χ3n) is 4.91. The molecule has 0 aromatic carbocycles. The molecule has 2 bridgehead atoms. The highest BCUT2D eigenvalue weighted by Crippen LogP contribution is 2.64. The summed E-state index contributed by atoms with van der Waals surface area (Å²) in [6, 6.07) is 0. The zero-order valence-electron chi connectivity index (χ0n) is 9.43. The molecule has 5 atom stereocenters. The number of hydrogen-bond donors (Lipinski definition) is 0. The summed E-state index contributed by atoms with van der Waals surface area (Å²) in [7, 11) is -3.30. The van der Waals surface area contributed by atoms with Gasteiger partial charge >= 0.3 is 0 Å². The first-order valence-corrected chi connectivity index (χ1v) is 7.20. The van der Waals surface area contributed by atoms with Crippen molar-refractivity contribution in [2.24, 2.45) is 23.7 Å². The molecule has 0 radical (unpaired) electrons. The molecule has 3 aliphatic rings. The number of rotatable bonds is 1. The van der Waals surface area contributed by atoms with E-state index < -0.39 is 14.9 Å². The molecule has 0 aromatic rings. The summed E-state index contributed by atoms with van der Waals surface area (Å²) in [5.74, 6) is 1.82. The SMILES string of the molecule is CC(C)C1C2CC3C1OS(=O)(=O)C3(C)C2. The summed E-state index contributed by atoms with van der Waals surface area (Å²) in [4.78, 5) is 0. The van der Waals surface area contributed by atoms with Crippen molar-refractivity contribution in [1.29, 1.82) is 0 Å². The molecule has 3 nitrogen and oxygen atoms in total. The normalized spacial score (nSPS) is 55.5. The van der Waals surface area contributed by atoms with Gasteiger partial charge in [-0.15, -0.1) is 0 Å². The minimum absolute atomic E-state index is 0.0150. The van der Waals surface area contributed by atoms with Gasteiger partial charge in [-0.05, 0) is 37.5 Å². The van der Waals surface area contributed by atoms with E-state index in [9.17, 15) is 8.42 Å². The Morgan fingerprint density at radius 3 is 2.67 bits per heavy atom. The van der Waals surface area contributed by atoms with E-state index in [-0.39, 0.29) is 12.0 Å². The van der Waals surface area contributed by atoms with Crippen LogP contribution in [-0.2, 0) is 14.3 Å². The van der Waals surface area contributed by atoms with Gasteiger partial charge < -0.3 is 0 Å². The lowest BCUT2D eigenvalue weighted by Crippen LogP contribution is -2.39. The highest BCUT2D eigenvalue weighted by molar-refractivity contribution is 7.88. The van der Waals surface area contributed by atoms with Gasteiger partial charge in [0.15, 0.2) is 0 Å². The van der Waals surface area contributed by atoms with E-state index in [2.05, 4.69) is 13.8 Å². The molecule has 0 amide bonds. The second-order valence-corrected chi connectivity index (χ2v) is 7.99. The van der Waals surface area contributed by atoms with Gasteiger partial charge in [-0.2, -0.15) is 8.42 Å². The Bertz CT molecular complexity index is 400. The quantitative estimate of drug-likeness (QED) is 0.645. The molecule has 5 unspecified atom stereocenters. The van der Waals surface area contributed by atoms with Crippen LogP contribution in [0.4, 0.5) is 0 Å². The molecule has 86 valence electrons. The predicted molar refractivity (Wildman–Crippen MR) is 56.7 cm³/mol. The summed E-state index contributed by atoms with van der Waals surface area (Å²) >= 11 is 0. The topological polar surface area (TPSA) is 43.4 Å². The Morgan fingerprint density at radius 2 is 2.07 bits per heavy atom. The molecule has 3 rings (SSSR count). The fourth-order valence-corrected chi connectivity index (χ4v) is 6.03. The summed E-state index contributed by atoms with van der Waals surface area (Å²) in [5, 5.41) is 0. The lowest BCUT2D eigenvalue weighted by molar-refractivity contribution is 0.0882. The summed E-state index contributed by atoms with van der Waals surface area (Å²) < 4.78 is 28.7. The van der Waals surface area contributed by atoms with Crippen molar-refractivity contribution in [3.63, 3.8) is 0 Å². The van der Waals surface area contributed by atoms with Crippen LogP contribution < -0.4 is 0 Å². The van der Waals surface area contributed by atoms with Crippen LogP contribution in [0.25, 0.3) is 0 Å². The maximum atomic E-state index is 11.9. The lowest BCUT2D eigenvalue weighted by atomic mass is 9.75. The van der Waals surface area contributed by atoms with Crippen molar-refractivity contribution >= 4 is 10.1 Å². The first-order valence-electron chi connectivity index (χ1n) is 5.79. The van der Waals surface area contributed by atoms with Crippen molar-refractivity contribution in [3.05, 3.63) is 0 Å². The first-order chi connectivity index (χ1) is 6.87. The molecule has 15 heavy (non-hydrogen) atoms. The molecule has 2 aliphatic carbocycles. The Hall–Kier alpha value is -0.0900. The molecule has 2 saturated carbocycles. The molecule has 1 heterocycles. The van der Waals surface area contributed by atoms with Crippen LogP contribution in [0.1, 0.15) is 33.6 Å². The smallest absolute Gasteiger partial charge is 0.266 e. The van der Waals surface area contributed by atoms with Gasteiger partial charge in [0, 0.05) is 5.92 Å². The maximum Gasteiger partial charge on any atom is 0.273 e. The first kappa shape index (κ1) is 10.1. The summed E-state index contributed by atoms with van der Waals surface area (Å²) in [6.45, 7) is 6.23. The molecule has 1 saturated heterocycles. The highest BCUT2D eigenvalue weighted by Gasteiger charge is 2.70. The van der Waals surface area contributed by atoms with Crippen LogP contribution in [0.5, 0.6) is 0 Å². The van der Waals surface area contributed by atoms with Crippen molar-refractivity contribution in [2.45, 2.75) is 44.5 Å². The fraction of sp³-hybridized carbons (Fsp3) is 1.00. The van der Waals surface area contributed by atoms with Gasteiger partial charge in [-0.1, -0.05) is 13.8 Å². The summed E-state index contributed by atoms with van der Waals surface area (Å²) in [6.07, 6.45) is 1.86. The standard InChI is InChI=1S/C11H18O3S/c1-6(2)9-7-4-8-10(9)14-15(12,13)11(8,3)5-7/h6-10H,4-5H2,1-3H3. The van der Waals surface area contributed by atoms with E-state index in [1.54, 1.807) is 0 Å². The molecule has 4 heteroatoms. The number of fused-ring (bicyclic) bond motifs is 1. The maximum absolute atomic E-state index is 11.9. The molecular weight excluding hydrogens is 212 g/mol.